The van der Waals surface area contributed by atoms with Crippen molar-refractivity contribution >= 4 is 0 Å². The summed E-state index contributed by atoms with van der Waals surface area (Å²) in [5, 5.41) is 0. The molecule has 1 heterocycles. The lowest BCUT2D eigenvalue weighted by atomic mass is 9.68. The molecule has 4 rings (SSSR count). The Morgan fingerprint density at radius 1 is 0.647 bits per heavy atom. The minimum Gasteiger partial charge on any atom is -0.352 e. The molecule has 4 fully saturated rings. The highest BCUT2D eigenvalue weighted by Gasteiger charge is 2.37. The largest absolute Gasteiger partial charge is 0.352 e. The summed E-state index contributed by atoms with van der Waals surface area (Å²) in [6.07, 6.45) is 21.5. The summed E-state index contributed by atoms with van der Waals surface area (Å²) in [6, 6.07) is 0. The topological polar surface area (TPSA) is 18.5 Å². The second kappa shape index (κ2) is 13.7. The Balaban J connectivity index is 1.10. The number of allylic oxidation sites excluding steroid dienone is 1. The first kappa shape index (κ1) is 26.6. The summed E-state index contributed by atoms with van der Waals surface area (Å²) in [4.78, 5) is 0. The van der Waals surface area contributed by atoms with Crippen LogP contribution < -0.4 is 0 Å². The molecular formula is C30H50F2O2. The molecule has 0 radical (unpaired) electrons. The van der Waals surface area contributed by atoms with Crippen LogP contribution in [-0.2, 0) is 9.47 Å². The molecule has 34 heavy (non-hydrogen) atoms. The average molecular weight is 481 g/mol. The van der Waals surface area contributed by atoms with Crippen LogP contribution in [0.4, 0.5) is 8.78 Å². The Hall–Kier alpha value is -0.480. The molecule has 0 aromatic heterocycles. The Morgan fingerprint density at radius 3 is 1.71 bits per heavy atom. The molecule has 3 aliphatic carbocycles. The van der Waals surface area contributed by atoms with Crippen LogP contribution in [-0.4, -0.2) is 19.5 Å². The first-order chi connectivity index (χ1) is 16.6. The first-order valence-electron chi connectivity index (χ1n) is 14.9. The van der Waals surface area contributed by atoms with Crippen molar-refractivity contribution in [1.82, 2.24) is 0 Å². The predicted octanol–water partition coefficient (Wildman–Crippen LogP) is 9.15. The molecule has 0 bridgehead atoms. The van der Waals surface area contributed by atoms with Crippen LogP contribution >= 0.6 is 0 Å². The molecule has 0 spiro atoms. The molecule has 0 aromatic carbocycles. The zero-order valence-electron chi connectivity index (χ0n) is 21.7. The van der Waals surface area contributed by atoms with Gasteiger partial charge in [-0.05, 0) is 106 Å². The molecule has 1 saturated heterocycles. The molecule has 4 aliphatic rings. The van der Waals surface area contributed by atoms with Gasteiger partial charge in [-0.2, -0.15) is 8.78 Å². The summed E-state index contributed by atoms with van der Waals surface area (Å²) in [5.41, 5.74) is 0. The molecule has 0 amide bonds. The summed E-state index contributed by atoms with van der Waals surface area (Å²) in [6.45, 7) is 3.98. The first-order valence-corrected chi connectivity index (χ1v) is 14.9. The fourth-order valence-corrected chi connectivity index (χ4v) is 7.75. The maximum atomic E-state index is 12.4. The number of halogens is 2. The average Bonchev–Trinajstić information content (AvgIpc) is 2.89. The van der Waals surface area contributed by atoms with Gasteiger partial charge in [0.05, 0.1) is 13.2 Å². The van der Waals surface area contributed by atoms with Gasteiger partial charge in [-0.15, -0.1) is 0 Å². The van der Waals surface area contributed by atoms with Gasteiger partial charge in [-0.3, -0.25) is 0 Å². The fourth-order valence-electron chi connectivity index (χ4n) is 7.75. The minimum absolute atomic E-state index is 0.0144. The van der Waals surface area contributed by atoms with Gasteiger partial charge in [0, 0.05) is 11.8 Å². The molecule has 1 aliphatic heterocycles. The van der Waals surface area contributed by atoms with Gasteiger partial charge in [0.1, 0.15) is 0 Å². The minimum atomic E-state index is -1.53. The van der Waals surface area contributed by atoms with Crippen LogP contribution in [0.3, 0.4) is 0 Å². The second-order valence-corrected chi connectivity index (χ2v) is 12.3. The maximum absolute atomic E-state index is 12.4. The second-order valence-electron chi connectivity index (χ2n) is 12.3. The molecule has 3 saturated carbocycles. The lowest BCUT2D eigenvalue weighted by molar-refractivity contribution is -0.237. The third-order valence-corrected chi connectivity index (χ3v) is 10.1. The van der Waals surface area contributed by atoms with E-state index in [2.05, 4.69) is 6.92 Å². The van der Waals surface area contributed by atoms with Gasteiger partial charge in [-0.1, -0.05) is 45.4 Å². The molecule has 2 nitrogen and oxygen atoms in total. The molecule has 196 valence electrons. The van der Waals surface area contributed by atoms with E-state index in [1.807, 2.05) is 0 Å². The highest BCUT2D eigenvalue weighted by Crippen LogP contribution is 2.44. The summed E-state index contributed by atoms with van der Waals surface area (Å²) in [5.74, 6) is 5.09. The van der Waals surface area contributed by atoms with Gasteiger partial charge >= 0.3 is 0 Å². The molecule has 0 aromatic rings. The van der Waals surface area contributed by atoms with E-state index in [1.165, 1.54) is 77.0 Å². The highest BCUT2D eigenvalue weighted by atomic mass is 19.3. The van der Waals surface area contributed by atoms with Crippen LogP contribution in [0.25, 0.3) is 0 Å². The van der Waals surface area contributed by atoms with E-state index in [0.717, 1.165) is 62.7 Å². The van der Waals surface area contributed by atoms with Crippen molar-refractivity contribution in [2.24, 2.45) is 41.4 Å². The number of ether oxygens (including phenoxy) is 2. The summed E-state index contributed by atoms with van der Waals surface area (Å²) in [7, 11) is 0. The van der Waals surface area contributed by atoms with Crippen molar-refractivity contribution in [2.75, 3.05) is 13.2 Å². The van der Waals surface area contributed by atoms with Crippen LogP contribution in [0.5, 0.6) is 0 Å². The molecule has 0 atom stereocenters. The number of hydrogen-bond acceptors (Lipinski definition) is 2. The van der Waals surface area contributed by atoms with E-state index >= 15 is 0 Å². The van der Waals surface area contributed by atoms with Crippen LogP contribution in [0.15, 0.2) is 12.2 Å². The van der Waals surface area contributed by atoms with Crippen molar-refractivity contribution in [1.29, 1.82) is 0 Å². The smallest absolute Gasteiger partial charge is 0.266 e. The van der Waals surface area contributed by atoms with E-state index in [4.69, 9.17) is 9.47 Å². The zero-order valence-corrected chi connectivity index (χ0v) is 21.7. The Bertz CT molecular complexity index is 587. The predicted molar refractivity (Wildman–Crippen MR) is 135 cm³/mol. The lowest BCUT2D eigenvalue weighted by Gasteiger charge is -2.42. The monoisotopic (exact) mass is 480 g/mol. The maximum Gasteiger partial charge on any atom is 0.266 e. The lowest BCUT2D eigenvalue weighted by Crippen LogP contribution is -2.41. The number of hydrogen-bond donors (Lipinski definition) is 0. The number of rotatable bonds is 9. The van der Waals surface area contributed by atoms with Crippen molar-refractivity contribution < 1.29 is 18.3 Å². The SMILES string of the molecule is CCCCCC1CCC(C2CCC(C3OCC(C4CCC(CC=C(F)F)CC4)CO3)CC2)CC1. The van der Waals surface area contributed by atoms with Gasteiger partial charge in [0.15, 0.2) is 6.29 Å². The van der Waals surface area contributed by atoms with E-state index < -0.39 is 6.08 Å². The Morgan fingerprint density at radius 2 is 1.15 bits per heavy atom. The van der Waals surface area contributed by atoms with Crippen molar-refractivity contribution in [3.05, 3.63) is 12.2 Å². The summed E-state index contributed by atoms with van der Waals surface area (Å²) >= 11 is 0. The van der Waals surface area contributed by atoms with Gasteiger partial charge < -0.3 is 9.47 Å². The normalized spacial score (nSPS) is 39.5. The van der Waals surface area contributed by atoms with Crippen molar-refractivity contribution in [2.45, 2.75) is 122 Å². The van der Waals surface area contributed by atoms with Crippen LogP contribution in [0.1, 0.15) is 116 Å². The Kier molecular flexibility index (Phi) is 10.7. The van der Waals surface area contributed by atoms with Gasteiger partial charge in [0.2, 0.25) is 0 Å². The van der Waals surface area contributed by atoms with Gasteiger partial charge in [-0.25, -0.2) is 0 Å². The van der Waals surface area contributed by atoms with E-state index in [0.29, 0.717) is 30.1 Å². The molecular weight excluding hydrogens is 430 g/mol. The zero-order chi connectivity index (χ0) is 23.8. The summed E-state index contributed by atoms with van der Waals surface area (Å²) < 4.78 is 37.3. The number of unbranched alkanes of at least 4 members (excludes halogenated alkanes) is 2. The quantitative estimate of drug-likeness (QED) is 0.306. The highest BCUT2D eigenvalue weighted by molar-refractivity contribution is 4.88. The van der Waals surface area contributed by atoms with Crippen molar-refractivity contribution in [3.63, 3.8) is 0 Å². The molecule has 0 N–H and O–H groups in total. The van der Waals surface area contributed by atoms with Gasteiger partial charge in [0.25, 0.3) is 6.08 Å². The van der Waals surface area contributed by atoms with Crippen LogP contribution in [0.2, 0.25) is 0 Å². The van der Waals surface area contributed by atoms with E-state index in [1.54, 1.807) is 0 Å². The standard InChI is InChI=1S/C30H50F2O2/c1-2-3-4-5-22-6-11-24(12-7-22)25-15-17-27(18-16-25)30-33-20-28(21-34-30)26-13-8-23(9-14-26)10-19-29(31)32/h19,22-28,30H,2-18,20-21H2,1H3. The molecule has 4 heteroatoms. The van der Waals surface area contributed by atoms with Crippen molar-refractivity contribution in [3.8, 4) is 0 Å². The van der Waals surface area contributed by atoms with Crippen LogP contribution in [0, 0.1) is 41.4 Å². The van der Waals surface area contributed by atoms with E-state index in [9.17, 15) is 8.78 Å². The third-order valence-electron chi connectivity index (χ3n) is 10.1. The fraction of sp³-hybridized carbons (Fsp3) is 0.933. The Labute approximate surface area is 207 Å². The van der Waals surface area contributed by atoms with E-state index in [-0.39, 0.29) is 6.29 Å². The third kappa shape index (κ3) is 7.76. The molecule has 0 unspecified atom stereocenters.